The molecule has 0 saturated carbocycles. The molecule has 4 rings (SSSR count). The van der Waals surface area contributed by atoms with Crippen LogP contribution in [0.15, 0.2) is 35.1 Å². The van der Waals surface area contributed by atoms with Crippen LogP contribution in [-0.4, -0.2) is 16.1 Å². The number of benzene rings is 2. The molecule has 26 heavy (non-hydrogen) atoms. The molecule has 1 fully saturated rings. The molecule has 0 bridgehead atoms. The lowest BCUT2D eigenvalue weighted by Crippen LogP contribution is -2.29. The van der Waals surface area contributed by atoms with Crippen molar-refractivity contribution >= 4 is 22.5 Å². The van der Waals surface area contributed by atoms with Gasteiger partial charge in [0.15, 0.2) is 0 Å². The lowest BCUT2D eigenvalue weighted by molar-refractivity contribution is 0.568. The van der Waals surface area contributed by atoms with Gasteiger partial charge in [0.1, 0.15) is 17.5 Å². The number of nitrogens with one attached hydrogen (secondary N) is 1. The largest absolute Gasteiger partial charge is 0.307 e. The Labute approximate surface area is 153 Å². The molecule has 4 nitrogen and oxygen atoms in total. The molecule has 0 spiro atoms. The van der Waals surface area contributed by atoms with Gasteiger partial charge in [0, 0.05) is 6.07 Å². The first kappa shape index (κ1) is 17.1. The van der Waals surface area contributed by atoms with Gasteiger partial charge in [-0.05, 0) is 50.1 Å². The zero-order valence-corrected chi connectivity index (χ0v) is 14.8. The molecule has 1 aliphatic rings. The summed E-state index contributed by atoms with van der Waals surface area (Å²) in [7, 11) is 0. The first-order chi connectivity index (χ1) is 12.5. The van der Waals surface area contributed by atoms with Crippen LogP contribution >= 0.6 is 11.6 Å². The third-order valence-corrected chi connectivity index (χ3v) is 4.99. The van der Waals surface area contributed by atoms with Crippen LogP contribution in [0.5, 0.6) is 0 Å². The van der Waals surface area contributed by atoms with E-state index in [4.69, 9.17) is 11.6 Å². The smallest absolute Gasteiger partial charge is 0.267 e. The number of fused-ring (bicyclic) bond motifs is 1. The minimum absolute atomic E-state index is 0.100. The van der Waals surface area contributed by atoms with Crippen molar-refractivity contribution < 1.29 is 8.78 Å². The second-order valence-corrected chi connectivity index (χ2v) is 6.88. The van der Waals surface area contributed by atoms with Crippen molar-refractivity contribution in [2.75, 3.05) is 6.54 Å². The number of aryl methyl sites for hydroxylation is 1. The predicted molar refractivity (Wildman–Crippen MR) is 97.0 cm³/mol. The Morgan fingerprint density at radius 2 is 1.96 bits per heavy atom. The van der Waals surface area contributed by atoms with E-state index in [0.717, 1.165) is 43.1 Å². The molecule has 2 aromatic carbocycles. The van der Waals surface area contributed by atoms with E-state index in [9.17, 15) is 13.6 Å². The molecule has 1 atom stereocenters. The molecule has 1 aromatic heterocycles. The minimum Gasteiger partial charge on any atom is -0.307 e. The molecule has 1 aliphatic heterocycles. The molecule has 0 amide bonds. The molecule has 7 heteroatoms. The summed E-state index contributed by atoms with van der Waals surface area (Å²) in [5, 5.41) is 3.81. The third kappa shape index (κ3) is 2.79. The van der Waals surface area contributed by atoms with Gasteiger partial charge >= 0.3 is 0 Å². The number of nitrogens with zero attached hydrogens (tertiary/aromatic N) is 2. The summed E-state index contributed by atoms with van der Waals surface area (Å²) < 4.78 is 28.9. The minimum atomic E-state index is -0.757. The topological polar surface area (TPSA) is 46.9 Å². The van der Waals surface area contributed by atoms with Crippen LogP contribution in [0.4, 0.5) is 8.78 Å². The summed E-state index contributed by atoms with van der Waals surface area (Å²) in [6.07, 6.45) is 1.72. The van der Waals surface area contributed by atoms with Crippen molar-refractivity contribution in [1.29, 1.82) is 0 Å². The second-order valence-electron chi connectivity index (χ2n) is 6.48. The Balaban J connectivity index is 2.12. The Kier molecular flexibility index (Phi) is 4.25. The fraction of sp³-hybridized carbons (Fsp3) is 0.263. The number of hydrogen-bond donors (Lipinski definition) is 1. The van der Waals surface area contributed by atoms with Crippen LogP contribution in [0, 0.1) is 18.6 Å². The van der Waals surface area contributed by atoms with Crippen LogP contribution < -0.4 is 10.9 Å². The van der Waals surface area contributed by atoms with Gasteiger partial charge < -0.3 is 5.32 Å². The zero-order chi connectivity index (χ0) is 18.4. The van der Waals surface area contributed by atoms with E-state index in [0.29, 0.717) is 11.3 Å². The maximum absolute atomic E-state index is 13.8. The van der Waals surface area contributed by atoms with Crippen molar-refractivity contribution in [1.82, 2.24) is 14.9 Å². The quantitative estimate of drug-likeness (QED) is 0.735. The Morgan fingerprint density at radius 1 is 1.23 bits per heavy atom. The summed E-state index contributed by atoms with van der Waals surface area (Å²) in [4.78, 5) is 18.0. The predicted octanol–water partition coefficient (Wildman–Crippen LogP) is 4.05. The van der Waals surface area contributed by atoms with Crippen LogP contribution in [0.2, 0.25) is 5.02 Å². The maximum atomic E-state index is 13.8. The van der Waals surface area contributed by atoms with E-state index in [1.807, 2.05) is 6.92 Å². The summed E-state index contributed by atoms with van der Waals surface area (Å²) in [6, 6.07) is 6.28. The van der Waals surface area contributed by atoms with E-state index in [1.54, 1.807) is 12.1 Å². The van der Waals surface area contributed by atoms with E-state index in [-0.39, 0.29) is 22.1 Å². The number of halogens is 3. The molecule has 1 unspecified atom stereocenters. The highest BCUT2D eigenvalue weighted by Crippen LogP contribution is 2.28. The summed E-state index contributed by atoms with van der Waals surface area (Å²) >= 11 is 6.25. The molecule has 0 radical (unpaired) electrons. The summed E-state index contributed by atoms with van der Waals surface area (Å²) in [5.74, 6) is -1.07. The van der Waals surface area contributed by atoms with Crippen molar-refractivity contribution in [3.63, 3.8) is 0 Å². The Morgan fingerprint density at radius 3 is 2.62 bits per heavy atom. The molecule has 0 aliphatic carbocycles. The van der Waals surface area contributed by atoms with Gasteiger partial charge in [0.05, 0.1) is 27.7 Å². The monoisotopic (exact) mass is 375 g/mol. The average Bonchev–Trinajstić information content (AvgIpc) is 3.11. The molecule has 1 saturated heterocycles. The van der Waals surface area contributed by atoms with Gasteiger partial charge in [-0.1, -0.05) is 17.7 Å². The van der Waals surface area contributed by atoms with Crippen molar-refractivity contribution in [3.05, 3.63) is 68.7 Å². The van der Waals surface area contributed by atoms with E-state index < -0.39 is 17.2 Å². The lowest BCUT2D eigenvalue weighted by atomic mass is 10.1. The normalized spacial score (nSPS) is 17.2. The zero-order valence-electron chi connectivity index (χ0n) is 14.0. The molecule has 2 heterocycles. The van der Waals surface area contributed by atoms with E-state index >= 15 is 0 Å². The van der Waals surface area contributed by atoms with Gasteiger partial charge in [0.2, 0.25) is 0 Å². The van der Waals surface area contributed by atoms with Gasteiger partial charge in [-0.3, -0.25) is 9.36 Å². The van der Waals surface area contributed by atoms with Crippen LogP contribution in [0.25, 0.3) is 16.6 Å². The molecule has 1 N–H and O–H groups in total. The fourth-order valence-corrected chi connectivity index (χ4v) is 3.69. The maximum Gasteiger partial charge on any atom is 0.267 e. The van der Waals surface area contributed by atoms with Crippen LogP contribution in [0.3, 0.4) is 0 Å². The van der Waals surface area contributed by atoms with Gasteiger partial charge in [-0.15, -0.1) is 0 Å². The third-order valence-electron chi connectivity index (χ3n) is 4.68. The average molecular weight is 376 g/mol. The second kappa shape index (κ2) is 6.45. The van der Waals surface area contributed by atoms with Gasteiger partial charge in [-0.25, -0.2) is 13.8 Å². The molecule has 134 valence electrons. The first-order valence-electron chi connectivity index (χ1n) is 8.37. The highest BCUT2D eigenvalue weighted by Gasteiger charge is 2.25. The van der Waals surface area contributed by atoms with Crippen LogP contribution in [-0.2, 0) is 0 Å². The van der Waals surface area contributed by atoms with Crippen molar-refractivity contribution in [2.24, 2.45) is 0 Å². The molecular weight excluding hydrogens is 360 g/mol. The Hall–Kier alpha value is -2.31. The van der Waals surface area contributed by atoms with Crippen molar-refractivity contribution in [2.45, 2.75) is 25.8 Å². The number of rotatable bonds is 2. The SMILES string of the molecule is Cc1ccc(Cl)c2c(=O)n(-c3cc(F)cc(F)c3)c(C3CCCN3)nc12. The van der Waals surface area contributed by atoms with Gasteiger partial charge in [-0.2, -0.15) is 0 Å². The number of aromatic nitrogens is 2. The van der Waals surface area contributed by atoms with E-state index in [1.165, 1.54) is 4.57 Å². The molecular formula is C19H16ClF2N3O. The Bertz CT molecular complexity index is 1050. The summed E-state index contributed by atoms with van der Waals surface area (Å²) in [5.41, 5.74) is 0.998. The first-order valence-corrected chi connectivity index (χ1v) is 8.75. The standard InChI is InChI=1S/C19H16ClF2N3O/c1-10-4-5-14(20)16-17(10)24-18(15-3-2-6-23-15)25(19(16)26)13-8-11(21)7-12(22)9-13/h4-5,7-9,15,23H,2-3,6H2,1H3. The number of hydrogen-bond acceptors (Lipinski definition) is 3. The van der Waals surface area contributed by atoms with Gasteiger partial charge in [0.25, 0.3) is 5.56 Å². The lowest BCUT2D eigenvalue weighted by Gasteiger charge is -2.19. The highest BCUT2D eigenvalue weighted by molar-refractivity contribution is 6.35. The van der Waals surface area contributed by atoms with Crippen LogP contribution in [0.1, 0.15) is 30.3 Å². The summed E-state index contributed by atoms with van der Waals surface area (Å²) in [6.45, 7) is 2.65. The van der Waals surface area contributed by atoms with E-state index in [2.05, 4.69) is 10.3 Å². The highest BCUT2D eigenvalue weighted by atomic mass is 35.5. The fourth-order valence-electron chi connectivity index (χ4n) is 3.46. The van der Waals surface area contributed by atoms with Crippen molar-refractivity contribution in [3.8, 4) is 5.69 Å². The molecule has 3 aromatic rings.